The van der Waals surface area contributed by atoms with Crippen LogP contribution in [0.15, 0.2) is 21.5 Å². The van der Waals surface area contributed by atoms with E-state index in [2.05, 4.69) is 20.9 Å². The number of nitrogens with one attached hydrogen (secondary N) is 1. The summed E-state index contributed by atoms with van der Waals surface area (Å²) in [6, 6.07) is 2.77. The molecule has 0 saturated heterocycles. The van der Waals surface area contributed by atoms with Crippen LogP contribution in [0.4, 0.5) is 0 Å². The minimum absolute atomic E-state index is 0.0858. The van der Waals surface area contributed by atoms with Gasteiger partial charge in [-0.3, -0.25) is 9.59 Å². The molecule has 4 nitrogen and oxygen atoms in total. The first-order valence-electron chi connectivity index (χ1n) is 4.16. The van der Waals surface area contributed by atoms with Gasteiger partial charge < -0.3 is 9.72 Å². The van der Waals surface area contributed by atoms with Crippen molar-refractivity contribution >= 4 is 21.9 Å². The highest BCUT2D eigenvalue weighted by atomic mass is 79.9. The van der Waals surface area contributed by atoms with Crippen LogP contribution in [0.2, 0.25) is 0 Å². The van der Waals surface area contributed by atoms with Crippen molar-refractivity contribution in [2.45, 2.75) is 13.3 Å². The molecule has 1 rings (SSSR count). The molecule has 0 aliphatic carbocycles. The standard InChI is InChI=1S/C9H10BrNO3/c1-2-14-9(13)4-6-3-7(12)5-8(10)11-6/h3,5H,2,4H2,1H3,(H,11,12). The van der Waals surface area contributed by atoms with Gasteiger partial charge in [0.2, 0.25) is 0 Å². The lowest BCUT2D eigenvalue weighted by Crippen LogP contribution is -2.11. The number of carbonyl (C=O) groups excluding carboxylic acids is 1. The van der Waals surface area contributed by atoms with Gasteiger partial charge in [-0.15, -0.1) is 0 Å². The molecule has 1 aromatic rings. The van der Waals surface area contributed by atoms with E-state index < -0.39 is 0 Å². The van der Waals surface area contributed by atoms with Crippen molar-refractivity contribution in [3.63, 3.8) is 0 Å². The van der Waals surface area contributed by atoms with E-state index in [4.69, 9.17) is 4.74 Å². The first-order chi connectivity index (χ1) is 6.61. The molecule has 0 aliphatic rings. The molecule has 0 radical (unpaired) electrons. The Hall–Kier alpha value is -1.10. The maximum Gasteiger partial charge on any atom is 0.311 e. The Morgan fingerprint density at radius 1 is 1.57 bits per heavy atom. The predicted octanol–water partition coefficient (Wildman–Crippen LogP) is 1.24. The summed E-state index contributed by atoms with van der Waals surface area (Å²) in [6.45, 7) is 2.08. The van der Waals surface area contributed by atoms with Gasteiger partial charge in [-0.05, 0) is 22.9 Å². The summed E-state index contributed by atoms with van der Waals surface area (Å²) in [7, 11) is 0. The molecule has 0 atom stereocenters. The highest BCUT2D eigenvalue weighted by Gasteiger charge is 2.05. The first-order valence-corrected chi connectivity index (χ1v) is 4.95. The number of halogens is 1. The second kappa shape index (κ2) is 4.95. The highest BCUT2D eigenvalue weighted by Crippen LogP contribution is 2.03. The van der Waals surface area contributed by atoms with Crippen LogP contribution in [0.25, 0.3) is 0 Å². The van der Waals surface area contributed by atoms with E-state index >= 15 is 0 Å². The van der Waals surface area contributed by atoms with Crippen LogP contribution in [-0.4, -0.2) is 17.6 Å². The Balaban J connectivity index is 2.76. The van der Waals surface area contributed by atoms with Crippen LogP contribution in [0.1, 0.15) is 12.6 Å². The van der Waals surface area contributed by atoms with Gasteiger partial charge in [0.1, 0.15) is 0 Å². The summed E-state index contributed by atoms with van der Waals surface area (Å²) < 4.78 is 5.31. The second-order valence-corrected chi connectivity index (χ2v) is 3.53. The number of H-pyrrole nitrogens is 1. The molecule has 14 heavy (non-hydrogen) atoms. The fourth-order valence-corrected chi connectivity index (χ4v) is 1.51. The summed E-state index contributed by atoms with van der Waals surface area (Å²) >= 11 is 3.13. The van der Waals surface area contributed by atoms with Crippen molar-refractivity contribution < 1.29 is 9.53 Å². The molecule has 0 aromatic carbocycles. The molecule has 0 amide bonds. The maximum absolute atomic E-state index is 11.1. The normalized spacial score (nSPS) is 9.86. The number of carbonyl (C=O) groups is 1. The van der Waals surface area contributed by atoms with Gasteiger partial charge in [0, 0.05) is 17.8 Å². The molecule has 0 aliphatic heterocycles. The van der Waals surface area contributed by atoms with Crippen LogP contribution in [-0.2, 0) is 16.0 Å². The highest BCUT2D eigenvalue weighted by molar-refractivity contribution is 9.10. The number of aromatic amines is 1. The smallest absolute Gasteiger partial charge is 0.311 e. The van der Waals surface area contributed by atoms with E-state index in [0.29, 0.717) is 16.9 Å². The number of esters is 1. The molecule has 76 valence electrons. The largest absolute Gasteiger partial charge is 0.466 e. The summed E-state index contributed by atoms with van der Waals surface area (Å²) in [4.78, 5) is 25.0. The van der Waals surface area contributed by atoms with Crippen molar-refractivity contribution in [2.24, 2.45) is 0 Å². The zero-order chi connectivity index (χ0) is 10.6. The lowest BCUT2D eigenvalue weighted by atomic mass is 10.3. The molecule has 5 heteroatoms. The zero-order valence-corrected chi connectivity index (χ0v) is 9.26. The lowest BCUT2D eigenvalue weighted by molar-refractivity contribution is -0.142. The minimum Gasteiger partial charge on any atom is -0.466 e. The Bertz CT molecular complexity index is 386. The SMILES string of the molecule is CCOC(=O)Cc1cc(=O)cc(Br)[nH]1. The summed E-state index contributed by atoms with van der Waals surface area (Å²) in [6.07, 6.45) is 0.0858. The fraction of sp³-hybridized carbons (Fsp3) is 0.333. The molecule has 0 unspecified atom stereocenters. The molecule has 1 N–H and O–H groups in total. The molecule has 1 heterocycles. The van der Waals surface area contributed by atoms with E-state index in [-0.39, 0.29) is 17.8 Å². The molecular formula is C9H10BrNO3. The van der Waals surface area contributed by atoms with Crippen LogP contribution in [0.5, 0.6) is 0 Å². The summed E-state index contributed by atoms with van der Waals surface area (Å²) in [5, 5.41) is 0. The number of pyridine rings is 1. The van der Waals surface area contributed by atoms with E-state index in [0.717, 1.165) is 0 Å². The Morgan fingerprint density at radius 3 is 2.86 bits per heavy atom. The topological polar surface area (TPSA) is 59.2 Å². The molecule has 0 spiro atoms. The predicted molar refractivity (Wildman–Crippen MR) is 55.1 cm³/mol. The van der Waals surface area contributed by atoms with Gasteiger partial charge in [0.25, 0.3) is 0 Å². The van der Waals surface area contributed by atoms with Crippen LogP contribution < -0.4 is 5.43 Å². The summed E-state index contributed by atoms with van der Waals surface area (Å²) in [5.41, 5.74) is 0.401. The number of aromatic nitrogens is 1. The van der Waals surface area contributed by atoms with Crippen molar-refractivity contribution in [3.8, 4) is 0 Å². The first kappa shape index (κ1) is 11.0. The number of hydrogen-bond donors (Lipinski definition) is 1. The van der Waals surface area contributed by atoms with Crippen molar-refractivity contribution in [1.82, 2.24) is 4.98 Å². The third kappa shape index (κ3) is 3.33. The quantitative estimate of drug-likeness (QED) is 0.657. The van der Waals surface area contributed by atoms with Crippen LogP contribution >= 0.6 is 15.9 Å². The van der Waals surface area contributed by atoms with E-state index in [1.54, 1.807) is 6.92 Å². The van der Waals surface area contributed by atoms with Crippen LogP contribution in [0, 0.1) is 0 Å². The number of ether oxygens (including phenoxy) is 1. The average Bonchev–Trinajstić information content (AvgIpc) is 2.01. The zero-order valence-electron chi connectivity index (χ0n) is 7.67. The van der Waals surface area contributed by atoms with Gasteiger partial charge in [0.15, 0.2) is 5.43 Å². The summed E-state index contributed by atoms with van der Waals surface area (Å²) in [5.74, 6) is -0.346. The Labute approximate surface area is 89.4 Å². The average molecular weight is 260 g/mol. The van der Waals surface area contributed by atoms with Gasteiger partial charge in [-0.1, -0.05) is 0 Å². The maximum atomic E-state index is 11.1. The third-order valence-electron chi connectivity index (χ3n) is 1.51. The van der Waals surface area contributed by atoms with E-state index in [1.165, 1.54) is 12.1 Å². The van der Waals surface area contributed by atoms with Gasteiger partial charge >= 0.3 is 5.97 Å². The number of hydrogen-bond acceptors (Lipinski definition) is 3. The molecule has 1 aromatic heterocycles. The van der Waals surface area contributed by atoms with Gasteiger partial charge in [-0.25, -0.2) is 0 Å². The Kier molecular flexibility index (Phi) is 3.88. The van der Waals surface area contributed by atoms with E-state index in [9.17, 15) is 9.59 Å². The molecule has 0 saturated carbocycles. The van der Waals surface area contributed by atoms with Crippen molar-refractivity contribution in [2.75, 3.05) is 6.61 Å². The fourth-order valence-electron chi connectivity index (χ4n) is 1.03. The third-order valence-corrected chi connectivity index (χ3v) is 1.93. The van der Waals surface area contributed by atoms with Crippen LogP contribution in [0.3, 0.4) is 0 Å². The van der Waals surface area contributed by atoms with Crippen molar-refractivity contribution in [1.29, 1.82) is 0 Å². The molecule has 0 fully saturated rings. The van der Waals surface area contributed by atoms with Gasteiger partial charge in [-0.2, -0.15) is 0 Å². The molecule has 0 bridgehead atoms. The van der Waals surface area contributed by atoms with Crippen molar-refractivity contribution in [3.05, 3.63) is 32.7 Å². The number of rotatable bonds is 3. The lowest BCUT2D eigenvalue weighted by Gasteiger charge is -2.02. The molecular weight excluding hydrogens is 250 g/mol. The minimum atomic E-state index is -0.346. The monoisotopic (exact) mass is 259 g/mol. The Morgan fingerprint density at radius 2 is 2.29 bits per heavy atom. The van der Waals surface area contributed by atoms with E-state index in [1.807, 2.05) is 0 Å². The second-order valence-electron chi connectivity index (χ2n) is 2.67. The van der Waals surface area contributed by atoms with Gasteiger partial charge in [0.05, 0.1) is 17.6 Å².